The van der Waals surface area contributed by atoms with E-state index in [1.165, 1.54) is 13.2 Å². The summed E-state index contributed by atoms with van der Waals surface area (Å²) in [6.45, 7) is 28.4. The number of rotatable bonds is 11. The Morgan fingerprint density at radius 2 is 1.25 bits per heavy atom. The Balaban J connectivity index is 3.49. The maximum atomic E-state index is 11.8. The van der Waals surface area contributed by atoms with Gasteiger partial charge in [-0.2, -0.15) is 0 Å². The molecule has 0 N–H and O–H groups in total. The number of hydrogen-bond donors (Lipinski definition) is 0. The highest BCUT2D eigenvalue weighted by Gasteiger charge is 2.52. The second-order valence-electron chi connectivity index (χ2n) is 13.4. The Hall–Kier alpha value is -0.776. The molecular formula is C28H54O6Si2. The van der Waals surface area contributed by atoms with E-state index in [9.17, 15) is 4.79 Å². The van der Waals surface area contributed by atoms with Crippen LogP contribution in [0.15, 0.2) is 24.3 Å². The van der Waals surface area contributed by atoms with Crippen LogP contribution in [0.2, 0.25) is 36.3 Å². The van der Waals surface area contributed by atoms with E-state index < -0.39 is 22.4 Å². The first-order valence-corrected chi connectivity index (χ1v) is 19.1. The van der Waals surface area contributed by atoms with E-state index in [1.807, 2.05) is 26.8 Å². The summed E-state index contributed by atoms with van der Waals surface area (Å²) >= 11 is 0. The van der Waals surface area contributed by atoms with E-state index in [0.717, 1.165) is 6.42 Å². The molecule has 1 aliphatic rings. The van der Waals surface area contributed by atoms with Crippen LogP contribution >= 0.6 is 0 Å². The Labute approximate surface area is 223 Å². The van der Waals surface area contributed by atoms with Crippen molar-refractivity contribution in [2.45, 2.75) is 142 Å². The smallest absolute Gasteiger partial charge is 0.330 e. The normalized spacial score (nSPS) is 23.4. The lowest BCUT2D eigenvalue weighted by atomic mass is 9.99. The summed E-state index contributed by atoms with van der Waals surface area (Å²) in [5, 5.41) is 0.0791. The molecule has 1 fully saturated rings. The molecular weight excluding hydrogens is 488 g/mol. The molecule has 0 spiro atoms. The number of carbonyl (C=O) groups excluding carboxylic acids is 1. The van der Waals surface area contributed by atoms with Crippen LogP contribution in [0.1, 0.15) is 75.2 Å². The summed E-state index contributed by atoms with van der Waals surface area (Å²) < 4.78 is 31.8. The van der Waals surface area contributed by atoms with Crippen molar-refractivity contribution in [3.8, 4) is 0 Å². The Morgan fingerprint density at radius 1 is 0.861 bits per heavy atom. The lowest BCUT2D eigenvalue weighted by molar-refractivity contribution is -0.159. The number of methoxy groups -OCH3 is 1. The fraction of sp³-hybridized carbons (Fsp3) is 0.821. The molecule has 0 aromatic heterocycles. The molecule has 1 rings (SSSR count). The number of esters is 1. The predicted octanol–water partition coefficient (Wildman–Crippen LogP) is 7.37. The molecule has 0 aromatic rings. The van der Waals surface area contributed by atoms with Gasteiger partial charge in [0.05, 0.1) is 19.3 Å². The highest BCUT2D eigenvalue weighted by molar-refractivity contribution is 6.74. The van der Waals surface area contributed by atoms with Gasteiger partial charge in [0, 0.05) is 6.08 Å². The summed E-state index contributed by atoms with van der Waals surface area (Å²) in [5.74, 6) is -1.16. The molecule has 0 aromatic carbocycles. The SMILES string of the molecule is C/C=C\C[C@@H](O[Si](C)(C)C(C)(C)C)[C@H]1OC(C)(C)O[C@@H]1[C@@H](C/C=C\C(=O)OC)O[Si](C)(C)C(C)(C)C. The topological polar surface area (TPSA) is 63.2 Å². The second kappa shape index (κ2) is 12.4. The number of allylic oxidation sites excluding steroid dienone is 1. The predicted molar refractivity (Wildman–Crippen MR) is 153 cm³/mol. The van der Waals surface area contributed by atoms with Crippen LogP contribution < -0.4 is 0 Å². The largest absolute Gasteiger partial charge is 0.466 e. The molecule has 0 aliphatic carbocycles. The van der Waals surface area contributed by atoms with Crippen molar-refractivity contribution >= 4 is 22.6 Å². The van der Waals surface area contributed by atoms with Crippen LogP contribution in [-0.2, 0) is 27.9 Å². The van der Waals surface area contributed by atoms with Gasteiger partial charge in [-0.25, -0.2) is 4.79 Å². The van der Waals surface area contributed by atoms with Gasteiger partial charge in [0.1, 0.15) is 12.2 Å². The zero-order valence-electron chi connectivity index (χ0n) is 25.5. The summed E-state index contributed by atoms with van der Waals surface area (Å²) in [4.78, 5) is 11.8. The van der Waals surface area contributed by atoms with Crippen molar-refractivity contribution in [3.05, 3.63) is 24.3 Å². The van der Waals surface area contributed by atoms with Crippen molar-refractivity contribution in [1.29, 1.82) is 0 Å². The van der Waals surface area contributed by atoms with E-state index in [2.05, 4.69) is 79.9 Å². The van der Waals surface area contributed by atoms with E-state index in [-0.39, 0.29) is 40.5 Å². The van der Waals surface area contributed by atoms with Crippen LogP contribution in [0.25, 0.3) is 0 Å². The highest BCUT2D eigenvalue weighted by Crippen LogP contribution is 2.43. The monoisotopic (exact) mass is 542 g/mol. The van der Waals surface area contributed by atoms with Crippen molar-refractivity contribution in [2.75, 3.05) is 7.11 Å². The van der Waals surface area contributed by atoms with Crippen molar-refractivity contribution < 1.29 is 27.9 Å². The zero-order chi connectivity index (χ0) is 28.2. The van der Waals surface area contributed by atoms with Gasteiger partial charge in [-0.15, -0.1) is 0 Å². The first-order chi connectivity index (χ1) is 16.2. The fourth-order valence-electron chi connectivity index (χ4n) is 3.64. The minimum Gasteiger partial charge on any atom is -0.466 e. The summed E-state index contributed by atoms with van der Waals surface area (Å²) in [5.41, 5.74) is 0. The van der Waals surface area contributed by atoms with Crippen molar-refractivity contribution in [3.63, 3.8) is 0 Å². The van der Waals surface area contributed by atoms with Crippen LogP contribution in [0.3, 0.4) is 0 Å². The standard InChI is InChI=1S/C28H54O6Si2/c1-15-16-18-21(33-35(11,12)26(2,3)4)24-25(32-28(8,9)31-24)22(19-17-20-23(29)30-10)34-36(13,14)27(5,6)7/h15-17,20-22,24-25H,18-19H2,1-14H3/b16-15-,20-17-/t21-,22-,24-,25-/m1/s1. The first-order valence-electron chi connectivity index (χ1n) is 13.2. The van der Waals surface area contributed by atoms with Crippen molar-refractivity contribution in [2.24, 2.45) is 0 Å². The third kappa shape index (κ3) is 9.20. The van der Waals surface area contributed by atoms with Crippen molar-refractivity contribution in [1.82, 2.24) is 0 Å². The van der Waals surface area contributed by atoms with E-state index >= 15 is 0 Å². The van der Waals surface area contributed by atoms with E-state index in [1.54, 1.807) is 0 Å². The molecule has 0 saturated carbocycles. The second-order valence-corrected chi connectivity index (χ2v) is 22.9. The molecule has 1 heterocycles. The lowest BCUT2D eigenvalue weighted by Gasteiger charge is -2.43. The van der Waals surface area contributed by atoms with Gasteiger partial charge >= 0.3 is 5.97 Å². The average Bonchev–Trinajstić information content (AvgIpc) is 3.03. The van der Waals surface area contributed by atoms with Crippen LogP contribution in [0, 0.1) is 0 Å². The first kappa shape index (κ1) is 33.3. The van der Waals surface area contributed by atoms with Gasteiger partial charge in [0.25, 0.3) is 0 Å². The molecule has 6 nitrogen and oxygen atoms in total. The molecule has 0 radical (unpaired) electrons. The minimum atomic E-state index is -2.17. The molecule has 0 bridgehead atoms. The van der Waals surface area contributed by atoms with Gasteiger partial charge < -0.3 is 23.1 Å². The summed E-state index contributed by atoms with van der Waals surface area (Å²) in [6, 6.07) is 0. The quantitative estimate of drug-likeness (QED) is 0.117. The molecule has 36 heavy (non-hydrogen) atoms. The number of hydrogen-bond acceptors (Lipinski definition) is 6. The van der Waals surface area contributed by atoms with Gasteiger partial charge in [0.2, 0.25) is 0 Å². The van der Waals surface area contributed by atoms with E-state index in [0.29, 0.717) is 6.42 Å². The maximum Gasteiger partial charge on any atom is 0.330 e. The maximum absolute atomic E-state index is 11.8. The molecule has 1 aliphatic heterocycles. The number of ether oxygens (including phenoxy) is 3. The Kier molecular flexibility index (Phi) is 11.4. The molecule has 8 heteroatoms. The third-order valence-corrected chi connectivity index (χ3v) is 16.8. The zero-order valence-corrected chi connectivity index (χ0v) is 27.5. The van der Waals surface area contributed by atoms with Gasteiger partial charge in [0.15, 0.2) is 22.4 Å². The minimum absolute atomic E-state index is 0.0176. The molecule has 210 valence electrons. The molecule has 4 atom stereocenters. The number of carbonyl (C=O) groups is 1. The van der Waals surface area contributed by atoms with Gasteiger partial charge in [-0.3, -0.25) is 0 Å². The molecule has 0 unspecified atom stereocenters. The average molecular weight is 543 g/mol. The summed E-state index contributed by atoms with van der Waals surface area (Å²) in [7, 11) is -2.88. The fourth-order valence-corrected chi connectivity index (χ4v) is 6.32. The third-order valence-electron chi connectivity index (χ3n) is 7.83. The van der Waals surface area contributed by atoms with E-state index in [4.69, 9.17) is 23.1 Å². The Bertz CT molecular complexity index is 774. The van der Waals surface area contributed by atoms with Gasteiger partial charge in [-0.1, -0.05) is 59.8 Å². The lowest BCUT2D eigenvalue weighted by Crippen LogP contribution is -2.53. The summed E-state index contributed by atoms with van der Waals surface area (Å²) in [6.07, 6.45) is 7.59. The Morgan fingerprint density at radius 3 is 1.58 bits per heavy atom. The van der Waals surface area contributed by atoms with Crippen LogP contribution in [0.5, 0.6) is 0 Å². The highest BCUT2D eigenvalue weighted by atomic mass is 28.4. The molecule has 0 amide bonds. The van der Waals surface area contributed by atoms with Crippen LogP contribution in [-0.4, -0.2) is 59.9 Å². The molecule has 1 saturated heterocycles. The van der Waals surface area contributed by atoms with Crippen LogP contribution in [0.4, 0.5) is 0 Å². The van der Waals surface area contributed by atoms with Gasteiger partial charge in [-0.05, 0) is 69.9 Å².